The Labute approximate surface area is 143 Å². The van der Waals surface area contributed by atoms with E-state index in [2.05, 4.69) is 15.3 Å². The van der Waals surface area contributed by atoms with Gasteiger partial charge in [-0.2, -0.15) is 0 Å². The summed E-state index contributed by atoms with van der Waals surface area (Å²) in [7, 11) is 0. The van der Waals surface area contributed by atoms with Crippen molar-refractivity contribution in [2.45, 2.75) is 18.2 Å². The van der Waals surface area contributed by atoms with Crippen LogP contribution in [0.4, 0.5) is 4.39 Å². The van der Waals surface area contributed by atoms with Gasteiger partial charge >= 0.3 is 0 Å². The van der Waals surface area contributed by atoms with Gasteiger partial charge in [0.15, 0.2) is 0 Å². The molecule has 24 heavy (non-hydrogen) atoms. The Kier molecular flexibility index (Phi) is 5.15. The summed E-state index contributed by atoms with van der Waals surface area (Å²) in [6, 6.07) is 12.4. The van der Waals surface area contributed by atoms with Crippen LogP contribution < -0.4 is 5.32 Å². The molecule has 3 aromatic rings. The van der Waals surface area contributed by atoms with Gasteiger partial charge in [0, 0.05) is 17.9 Å². The molecule has 1 aromatic heterocycles. The lowest BCUT2D eigenvalue weighted by Crippen LogP contribution is -2.27. The zero-order valence-corrected chi connectivity index (χ0v) is 14.1. The SMILES string of the molecule is Cc1ccccc1SCC(=O)NCCc1nc2ccc(F)cc2[nH]1. The number of nitrogens with one attached hydrogen (secondary N) is 2. The van der Waals surface area contributed by atoms with Crippen LogP contribution in [0.5, 0.6) is 0 Å². The maximum absolute atomic E-state index is 13.1. The summed E-state index contributed by atoms with van der Waals surface area (Å²) in [5.41, 5.74) is 2.57. The number of amides is 1. The van der Waals surface area contributed by atoms with Gasteiger partial charge in [-0.15, -0.1) is 11.8 Å². The van der Waals surface area contributed by atoms with Crippen molar-refractivity contribution in [1.29, 1.82) is 0 Å². The predicted molar refractivity (Wildman–Crippen MR) is 94.7 cm³/mol. The average molecular weight is 343 g/mol. The molecule has 1 heterocycles. The van der Waals surface area contributed by atoms with Crippen LogP contribution in [0.15, 0.2) is 47.4 Å². The van der Waals surface area contributed by atoms with E-state index >= 15 is 0 Å². The topological polar surface area (TPSA) is 57.8 Å². The molecule has 6 heteroatoms. The van der Waals surface area contributed by atoms with E-state index in [1.54, 1.807) is 6.07 Å². The number of rotatable bonds is 6. The number of carbonyl (C=O) groups excluding carboxylic acids is 1. The number of aromatic amines is 1. The number of nitrogens with zero attached hydrogens (tertiary/aromatic N) is 1. The first-order valence-corrected chi connectivity index (χ1v) is 8.69. The minimum absolute atomic E-state index is 0.00888. The molecule has 4 nitrogen and oxygen atoms in total. The van der Waals surface area contributed by atoms with Gasteiger partial charge in [-0.25, -0.2) is 9.37 Å². The molecule has 2 aromatic carbocycles. The second-order valence-electron chi connectivity index (χ2n) is 5.50. The Morgan fingerprint density at radius 1 is 1.29 bits per heavy atom. The summed E-state index contributed by atoms with van der Waals surface area (Å²) in [5, 5.41) is 2.88. The second-order valence-corrected chi connectivity index (χ2v) is 6.52. The zero-order valence-electron chi connectivity index (χ0n) is 13.3. The Balaban J connectivity index is 1.47. The average Bonchev–Trinajstić information content (AvgIpc) is 2.96. The number of fused-ring (bicyclic) bond motifs is 1. The predicted octanol–water partition coefficient (Wildman–Crippen LogP) is 3.46. The third-order valence-corrected chi connectivity index (χ3v) is 4.80. The molecule has 0 radical (unpaired) electrons. The fourth-order valence-electron chi connectivity index (χ4n) is 2.39. The lowest BCUT2D eigenvalue weighted by atomic mass is 10.2. The van der Waals surface area contributed by atoms with Gasteiger partial charge in [-0.3, -0.25) is 4.79 Å². The molecule has 2 N–H and O–H groups in total. The zero-order chi connectivity index (χ0) is 16.9. The van der Waals surface area contributed by atoms with E-state index in [-0.39, 0.29) is 11.7 Å². The number of hydrogen-bond acceptors (Lipinski definition) is 3. The summed E-state index contributed by atoms with van der Waals surface area (Å²) in [6.45, 7) is 2.53. The lowest BCUT2D eigenvalue weighted by Gasteiger charge is -2.06. The molecule has 0 aliphatic carbocycles. The van der Waals surface area contributed by atoms with Crippen molar-refractivity contribution in [1.82, 2.24) is 15.3 Å². The highest BCUT2D eigenvalue weighted by Crippen LogP contribution is 2.21. The van der Waals surface area contributed by atoms with Crippen molar-refractivity contribution in [3.8, 4) is 0 Å². The molecular weight excluding hydrogens is 325 g/mol. The molecule has 1 amide bonds. The number of H-pyrrole nitrogens is 1. The van der Waals surface area contributed by atoms with E-state index in [4.69, 9.17) is 0 Å². The molecule has 0 spiro atoms. The monoisotopic (exact) mass is 343 g/mol. The minimum atomic E-state index is -0.292. The quantitative estimate of drug-likeness (QED) is 0.674. The Hall–Kier alpha value is -2.34. The third kappa shape index (κ3) is 4.14. The largest absolute Gasteiger partial charge is 0.355 e. The summed E-state index contributed by atoms with van der Waals surface area (Å²) in [5.74, 6) is 0.822. The highest BCUT2D eigenvalue weighted by molar-refractivity contribution is 8.00. The van der Waals surface area contributed by atoms with E-state index in [0.29, 0.717) is 24.2 Å². The van der Waals surface area contributed by atoms with Gasteiger partial charge in [0.25, 0.3) is 0 Å². The Morgan fingerprint density at radius 2 is 2.12 bits per heavy atom. The third-order valence-electron chi connectivity index (χ3n) is 3.63. The number of carbonyl (C=O) groups is 1. The van der Waals surface area contributed by atoms with Crippen LogP contribution >= 0.6 is 11.8 Å². The van der Waals surface area contributed by atoms with E-state index < -0.39 is 0 Å². The maximum atomic E-state index is 13.1. The van der Waals surface area contributed by atoms with Crippen LogP contribution in [-0.2, 0) is 11.2 Å². The van der Waals surface area contributed by atoms with Crippen LogP contribution in [0.25, 0.3) is 11.0 Å². The molecule has 0 saturated heterocycles. The van der Waals surface area contributed by atoms with Gasteiger partial charge < -0.3 is 10.3 Å². The minimum Gasteiger partial charge on any atom is -0.355 e. The lowest BCUT2D eigenvalue weighted by molar-refractivity contribution is -0.118. The number of aromatic nitrogens is 2. The fraction of sp³-hybridized carbons (Fsp3) is 0.222. The highest BCUT2D eigenvalue weighted by Gasteiger charge is 2.06. The van der Waals surface area contributed by atoms with Crippen LogP contribution in [0, 0.1) is 12.7 Å². The fourth-order valence-corrected chi connectivity index (χ4v) is 3.25. The van der Waals surface area contributed by atoms with Gasteiger partial charge in [-0.05, 0) is 36.8 Å². The summed E-state index contributed by atoms with van der Waals surface area (Å²) < 4.78 is 13.1. The highest BCUT2D eigenvalue weighted by atomic mass is 32.2. The van der Waals surface area contributed by atoms with Crippen molar-refractivity contribution >= 4 is 28.7 Å². The number of hydrogen-bond donors (Lipinski definition) is 2. The number of aryl methyl sites for hydroxylation is 1. The van der Waals surface area contributed by atoms with E-state index in [9.17, 15) is 9.18 Å². The molecule has 124 valence electrons. The van der Waals surface area contributed by atoms with Gasteiger partial charge in [-0.1, -0.05) is 18.2 Å². The van der Waals surface area contributed by atoms with Crippen molar-refractivity contribution in [2.75, 3.05) is 12.3 Å². The maximum Gasteiger partial charge on any atom is 0.230 e. The van der Waals surface area contributed by atoms with Crippen molar-refractivity contribution in [3.05, 3.63) is 59.7 Å². The number of thioether (sulfide) groups is 1. The smallest absolute Gasteiger partial charge is 0.230 e. The van der Waals surface area contributed by atoms with E-state index in [1.165, 1.54) is 29.5 Å². The van der Waals surface area contributed by atoms with Crippen molar-refractivity contribution in [2.24, 2.45) is 0 Å². The molecular formula is C18H18FN3OS. The summed E-state index contributed by atoms with van der Waals surface area (Å²) in [4.78, 5) is 20.5. The van der Waals surface area contributed by atoms with Crippen molar-refractivity contribution < 1.29 is 9.18 Å². The number of halogens is 1. The van der Waals surface area contributed by atoms with Crippen LogP contribution in [0.3, 0.4) is 0 Å². The summed E-state index contributed by atoms with van der Waals surface area (Å²) in [6.07, 6.45) is 0.580. The molecule has 0 aliphatic rings. The first-order chi connectivity index (χ1) is 11.6. The van der Waals surface area contributed by atoms with Gasteiger partial charge in [0.2, 0.25) is 5.91 Å². The van der Waals surface area contributed by atoms with Crippen LogP contribution in [0.1, 0.15) is 11.4 Å². The summed E-state index contributed by atoms with van der Waals surface area (Å²) >= 11 is 1.53. The van der Waals surface area contributed by atoms with Crippen LogP contribution in [-0.4, -0.2) is 28.2 Å². The molecule has 0 saturated carbocycles. The molecule has 0 unspecified atom stereocenters. The first kappa shape index (κ1) is 16.5. The second kappa shape index (κ2) is 7.49. The standard InChI is InChI=1S/C18H18FN3OS/c1-12-4-2-3-5-16(12)24-11-18(23)20-9-8-17-21-14-7-6-13(19)10-15(14)22-17/h2-7,10H,8-9,11H2,1H3,(H,20,23)(H,21,22). The molecule has 0 atom stereocenters. The van der Waals surface area contributed by atoms with Gasteiger partial charge in [0.05, 0.1) is 16.8 Å². The van der Waals surface area contributed by atoms with Crippen LogP contribution in [0.2, 0.25) is 0 Å². The Bertz CT molecular complexity index is 862. The number of imidazole rings is 1. The van der Waals surface area contributed by atoms with E-state index in [0.717, 1.165) is 16.2 Å². The van der Waals surface area contributed by atoms with Gasteiger partial charge in [0.1, 0.15) is 11.6 Å². The first-order valence-electron chi connectivity index (χ1n) is 7.71. The normalized spacial score (nSPS) is 10.9. The molecule has 0 bridgehead atoms. The molecule has 0 fully saturated rings. The Morgan fingerprint density at radius 3 is 2.96 bits per heavy atom. The number of benzene rings is 2. The van der Waals surface area contributed by atoms with E-state index in [1.807, 2.05) is 31.2 Å². The van der Waals surface area contributed by atoms with Crippen molar-refractivity contribution in [3.63, 3.8) is 0 Å². The molecule has 0 aliphatic heterocycles. The molecule has 3 rings (SSSR count).